The molecule has 0 atom stereocenters. The first kappa shape index (κ1) is 16.9. The predicted octanol–water partition coefficient (Wildman–Crippen LogP) is 4.20. The molecule has 0 fully saturated rings. The fourth-order valence-electron chi connectivity index (χ4n) is 2.52. The van der Waals surface area contributed by atoms with Gasteiger partial charge in [-0.1, -0.05) is 17.7 Å². The Labute approximate surface area is 151 Å². The number of hydrogen-bond donors (Lipinski definition) is 2. The monoisotopic (exact) mass is 352 g/mol. The number of nitrogens with one attached hydrogen (secondary N) is 2. The summed E-state index contributed by atoms with van der Waals surface area (Å²) >= 11 is 5.96. The largest absolute Gasteiger partial charge is 0.495 e. The molecular weight excluding hydrogens is 336 g/mol. The highest BCUT2D eigenvalue weighted by molar-refractivity contribution is 6.30. The van der Waals surface area contributed by atoms with Crippen molar-refractivity contribution < 1.29 is 4.74 Å². The van der Waals surface area contributed by atoms with E-state index in [1.807, 2.05) is 30.4 Å². The highest BCUT2D eigenvalue weighted by atomic mass is 35.5. The lowest BCUT2D eigenvalue weighted by Crippen LogP contribution is -2.07. The van der Waals surface area contributed by atoms with Crippen LogP contribution in [-0.2, 0) is 4.74 Å². The van der Waals surface area contributed by atoms with Crippen molar-refractivity contribution in [2.45, 2.75) is 0 Å². The van der Waals surface area contributed by atoms with Gasteiger partial charge in [-0.05, 0) is 42.5 Å². The minimum absolute atomic E-state index is 0.374. The maximum atomic E-state index is 8.26. The van der Waals surface area contributed by atoms with Crippen molar-refractivity contribution in [3.63, 3.8) is 0 Å². The third-order valence-corrected chi connectivity index (χ3v) is 4.00. The van der Waals surface area contributed by atoms with Crippen molar-refractivity contribution in [3.05, 3.63) is 76.6 Å². The molecule has 0 saturated carbocycles. The molecule has 25 heavy (non-hydrogen) atoms. The predicted molar refractivity (Wildman–Crippen MR) is 102 cm³/mol. The van der Waals surface area contributed by atoms with Gasteiger partial charge in [-0.3, -0.25) is 0 Å². The Morgan fingerprint density at radius 1 is 1.16 bits per heavy atom. The Kier molecular flexibility index (Phi) is 4.95. The first-order valence-corrected chi connectivity index (χ1v) is 8.04. The normalized spacial score (nSPS) is 15.6. The minimum atomic E-state index is 0.374. The summed E-state index contributed by atoms with van der Waals surface area (Å²) in [5.41, 5.74) is 3.57. The van der Waals surface area contributed by atoms with E-state index in [0.717, 1.165) is 16.8 Å². The maximum Gasteiger partial charge on any atom is 0.222 e. The molecule has 0 saturated heterocycles. The molecule has 0 radical (unpaired) electrons. The number of allylic oxidation sites excluding steroid dienone is 5. The third-order valence-electron chi connectivity index (χ3n) is 3.75. The van der Waals surface area contributed by atoms with Gasteiger partial charge in [-0.2, -0.15) is 0 Å². The topological polar surface area (TPSA) is 70.9 Å². The number of hydrogen-bond acceptors (Lipinski definition) is 5. The SMILES string of the molecule is CNc1nccc(C2=C/C(=C(/OC)c3ccc(Cl)cc3)C(=N)C=C2)n1. The van der Waals surface area contributed by atoms with Crippen LogP contribution in [-0.4, -0.2) is 29.8 Å². The number of rotatable bonds is 4. The summed E-state index contributed by atoms with van der Waals surface area (Å²) < 4.78 is 5.59. The molecule has 1 aliphatic carbocycles. The molecule has 6 heteroatoms. The van der Waals surface area contributed by atoms with Gasteiger partial charge in [0, 0.05) is 35.0 Å². The van der Waals surface area contributed by atoms with E-state index >= 15 is 0 Å². The summed E-state index contributed by atoms with van der Waals surface area (Å²) in [7, 11) is 3.37. The summed E-state index contributed by atoms with van der Waals surface area (Å²) in [5, 5.41) is 11.8. The molecular formula is C19H17ClN4O. The molecule has 1 aromatic heterocycles. The standard InChI is InChI=1S/C19H17ClN4O/c1-22-19-23-10-9-17(24-19)13-5-8-16(21)15(11-13)18(25-2)12-3-6-14(20)7-4-12/h3-11,21H,1-2H3,(H,22,23,24)/b18-15-,21-16?. The molecule has 0 aliphatic heterocycles. The van der Waals surface area contributed by atoms with Crippen LogP contribution in [0.25, 0.3) is 11.3 Å². The van der Waals surface area contributed by atoms with Crippen molar-refractivity contribution in [1.29, 1.82) is 5.41 Å². The van der Waals surface area contributed by atoms with E-state index in [4.69, 9.17) is 21.7 Å². The summed E-state index contributed by atoms with van der Waals surface area (Å²) in [5.74, 6) is 1.16. The second-order valence-corrected chi connectivity index (χ2v) is 5.75. The number of benzene rings is 1. The molecule has 1 aliphatic rings. The fraction of sp³-hybridized carbons (Fsp3) is 0.105. The van der Waals surface area contributed by atoms with Crippen LogP contribution in [0.3, 0.4) is 0 Å². The maximum absolute atomic E-state index is 8.26. The Morgan fingerprint density at radius 2 is 1.92 bits per heavy atom. The number of aromatic nitrogens is 2. The molecule has 2 N–H and O–H groups in total. The van der Waals surface area contributed by atoms with Crippen LogP contribution >= 0.6 is 11.6 Å². The van der Waals surface area contributed by atoms with Crippen LogP contribution in [0, 0.1) is 5.41 Å². The molecule has 2 aromatic rings. The van der Waals surface area contributed by atoms with Crippen LogP contribution in [0.4, 0.5) is 5.95 Å². The number of anilines is 1. The van der Waals surface area contributed by atoms with Gasteiger partial charge in [0.25, 0.3) is 0 Å². The molecule has 0 unspecified atom stereocenters. The first-order valence-electron chi connectivity index (χ1n) is 7.66. The Morgan fingerprint density at radius 3 is 2.60 bits per heavy atom. The fourth-order valence-corrected chi connectivity index (χ4v) is 2.64. The Hall–Kier alpha value is -2.92. The van der Waals surface area contributed by atoms with E-state index in [-0.39, 0.29) is 0 Å². The highest BCUT2D eigenvalue weighted by Crippen LogP contribution is 2.29. The Balaban J connectivity index is 2.09. The number of nitrogens with zero attached hydrogens (tertiary/aromatic N) is 2. The van der Waals surface area contributed by atoms with E-state index in [1.165, 1.54) is 0 Å². The minimum Gasteiger partial charge on any atom is -0.495 e. The van der Waals surface area contributed by atoms with Crippen LogP contribution in [0.1, 0.15) is 11.3 Å². The Bertz CT molecular complexity index is 898. The lowest BCUT2D eigenvalue weighted by molar-refractivity contribution is 0.369. The highest BCUT2D eigenvalue weighted by Gasteiger charge is 2.17. The molecule has 1 aromatic carbocycles. The molecule has 126 valence electrons. The lowest BCUT2D eigenvalue weighted by atomic mass is 9.95. The van der Waals surface area contributed by atoms with Crippen LogP contribution in [0.5, 0.6) is 0 Å². The van der Waals surface area contributed by atoms with Gasteiger partial charge in [0.05, 0.1) is 18.5 Å². The summed E-state index contributed by atoms with van der Waals surface area (Å²) in [4.78, 5) is 8.58. The van der Waals surface area contributed by atoms with Crippen molar-refractivity contribution >= 4 is 34.6 Å². The van der Waals surface area contributed by atoms with Crippen LogP contribution in [0.15, 0.2) is 60.3 Å². The van der Waals surface area contributed by atoms with Crippen molar-refractivity contribution in [2.75, 3.05) is 19.5 Å². The van der Waals surface area contributed by atoms with E-state index < -0.39 is 0 Å². The van der Waals surface area contributed by atoms with E-state index in [9.17, 15) is 0 Å². The molecule has 5 nitrogen and oxygen atoms in total. The quantitative estimate of drug-likeness (QED) is 0.809. The van der Waals surface area contributed by atoms with Crippen molar-refractivity contribution in [2.24, 2.45) is 0 Å². The van der Waals surface area contributed by atoms with Gasteiger partial charge >= 0.3 is 0 Å². The van der Waals surface area contributed by atoms with Crippen LogP contribution < -0.4 is 5.32 Å². The zero-order valence-corrected chi connectivity index (χ0v) is 14.6. The van der Waals surface area contributed by atoms with Gasteiger partial charge < -0.3 is 15.5 Å². The van der Waals surface area contributed by atoms with E-state index in [0.29, 0.717) is 28.0 Å². The van der Waals surface area contributed by atoms with E-state index in [1.54, 1.807) is 38.6 Å². The summed E-state index contributed by atoms with van der Waals surface area (Å²) in [6.07, 6.45) is 7.20. The molecule has 0 spiro atoms. The first-order chi connectivity index (χ1) is 12.1. The zero-order valence-electron chi connectivity index (χ0n) is 13.9. The van der Waals surface area contributed by atoms with Crippen LogP contribution in [0.2, 0.25) is 5.02 Å². The number of ether oxygens (including phenoxy) is 1. The van der Waals surface area contributed by atoms with Crippen molar-refractivity contribution in [1.82, 2.24) is 9.97 Å². The van der Waals surface area contributed by atoms with Gasteiger partial charge in [0.1, 0.15) is 5.76 Å². The third kappa shape index (κ3) is 3.61. The van der Waals surface area contributed by atoms with Gasteiger partial charge in [0.15, 0.2) is 0 Å². The average molecular weight is 353 g/mol. The van der Waals surface area contributed by atoms with Gasteiger partial charge in [0.2, 0.25) is 5.95 Å². The zero-order chi connectivity index (χ0) is 17.8. The molecule has 0 amide bonds. The lowest BCUT2D eigenvalue weighted by Gasteiger charge is -2.16. The molecule has 1 heterocycles. The molecule has 3 rings (SSSR count). The summed E-state index contributed by atoms with van der Waals surface area (Å²) in [6.45, 7) is 0. The van der Waals surface area contributed by atoms with Gasteiger partial charge in [-0.15, -0.1) is 0 Å². The second kappa shape index (κ2) is 7.32. The number of methoxy groups -OCH3 is 1. The molecule has 0 bridgehead atoms. The second-order valence-electron chi connectivity index (χ2n) is 5.32. The smallest absolute Gasteiger partial charge is 0.222 e. The summed E-state index contributed by atoms with van der Waals surface area (Å²) in [6, 6.07) is 9.17. The average Bonchev–Trinajstić information content (AvgIpc) is 2.65. The number of halogens is 1. The van der Waals surface area contributed by atoms with E-state index in [2.05, 4.69) is 15.3 Å². The van der Waals surface area contributed by atoms with Gasteiger partial charge in [-0.25, -0.2) is 9.97 Å². The van der Waals surface area contributed by atoms with Crippen molar-refractivity contribution in [3.8, 4) is 0 Å².